The van der Waals surface area contributed by atoms with Crippen LogP contribution >= 0.6 is 0 Å². The van der Waals surface area contributed by atoms with Crippen molar-refractivity contribution in [1.29, 1.82) is 0 Å². The summed E-state index contributed by atoms with van der Waals surface area (Å²) in [6.45, 7) is 0. The number of hydrogen-bond donors (Lipinski definition) is 0. The van der Waals surface area contributed by atoms with Gasteiger partial charge in [0.25, 0.3) is 0 Å². The standard InChI is InChI=1S/C23H30N4O4/c28-13-24-19-5-1-17(2-6-19)22(18-3-7-20(8-4-18)25-14-29)23(27-16-31)11-9-21(10-12-23)26-15-30/h17-22H,1-12H2. The van der Waals surface area contributed by atoms with Gasteiger partial charge in [-0.05, 0) is 94.8 Å². The molecule has 0 heterocycles. The second-order valence-electron chi connectivity index (χ2n) is 9.36. The number of isocyanates is 4. The van der Waals surface area contributed by atoms with Crippen LogP contribution in [0, 0.1) is 17.8 Å². The minimum atomic E-state index is -0.493. The van der Waals surface area contributed by atoms with Crippen LogP contribution < -0.4 is 0 Å². The Kier molecular flexibility index (Phi) is 8.40. The molecule has 0 aromatic rings. The normalized spacial score (nSPS) is 36.5. The van der Waals surface area contributed by atoms with Crippen LogP contribution in [0.25, 0.3) is 0 Å². The predicted octanol–water partition coefficient (Wildman–Crippen LogP) is 3.74. The third-order valence-electron chi connectivity index (χ3n) is 7.91. The van der Waals surface area contributed by atoms with Crippen molar-refractivity contribution in [1.82, 2.24) is 0 Å². The van der Waals surface area contributed by atoms with Gasteiger partial charge in [0.1, 0.15) is 0 Å². The van der Waals surface area contributed by atoms with Crippen LogP contribution in [0.2, 0.25) is 0 Å². The molecular weight excluding hydrogens is 396 g/mol. The molecule has 3 rings (SSSR count). The first-order chi connectivity index (χ1) is 15.2. The molecule has 8 heteroatoms. The van der Waals surface area contributed by atoms with Crippen LogP contribution in [0.3, 0.4) is 0 Å². The second kappa shape index (κ2) is 11.2. The highest BCUT2D eigenvalue weighted by molar-refractivity contribution is 5.36. The van der Waals surface area contributed by atoms with E-state index in [0.29, 0.717) is 37.5 Å². The summed E-state index contributed by atoms with van der Waals surface area (Å²) in [5.41, 5.74) is -0.493. The molecule has 0 aliphatic heterocycles. The predicted molar refractivity (Wildman–Crippen MR) is 112 cm³/mol. The van der Waals surface area contributed by atoms with Crippen LogP contribution in [0.1, 0.15) is 77.0 Å². The molecule has 31 heavy (non-hydrogen) atoms. The Morgan fingerprint density at radius 2 is 0.935 bits per heavy atom. The number of carbonyl (C=O) groups excluding carboxylic acids is 4. The first-order valence-corrected chi connectivity index (χ1v) is 11.5. The van der Waals surface area contributed by atoms with Crippen molar-refractivity contribution in [3.8, 4) is 0 Å². The molecule has 3 aliphatic carbocycles. The topological polar surface area (TPSA) is 118 Å². The van der Waals surface area contributed by atoms with Gasteiger partial charge >= 0.3 is 0 Å². The van der Waals surface area contributed by atoms with E-state index in [0.717, 1.165) is 51.4 Å². The molecule has 0 saturated heterocycles. The van der Waals surface area contributed by atoms with Gasteiger partial charge in [-0.1, -0.05) is 0 Å². The van der Waals surface area contributed by atoms with Crippen LogP contribution in [-0.4, -0.2) is 48.0 Å². The summed E-state index contributed by atoms with van der Waals surface area (Å²) in [5.74, 6) is 0.993. The van der Waals surface area contributed by atoms with Crippen molar-refractivity contribution in [3.63, 3.8) is 0 Å². The molecule has 8 nitrogen and oxygen atoms in total. The van der Waals surface area contributed by atoms with Crippen molar-refractivity contribution in [2.24, 2.45) is 37.7 Å². The monoisotopic (exact) mass is 426 g/mol. The lowest BCUT2D eigenvalue weighted by Crippen LogP contribution is -2.49. The van der Waals surface area contributed by atoms with Crippen molar-refractivity contribution in [3.05, 3.63) is 0 Å². The van der Waals surface area contributed by atoms with Gasteiger partial charge < -0.3 is 0 Å². The van der Waals surface area contributed by atoms with Crippen molar-refractivity contribution < 1.29 is 19.2 Å². The van der Waals surface area contributed by atoms with E-state index in [-0.39, 0.29) is 24.0 Å². The maximum Gasteiger partial charge on any atom is 0.235 e. The van der Waals surface area contributed by atoms with E-state index in [1.54, 1.807) is 18.2 Å². The highest BCUT2D eigenvalue weighted by Gasteiger charge is 2.49. The van der Waals surface area contributed by atoms with Crippen molar-refractivity contribution in [2.45, 2.75) is 101 Å². The van der Waals surface area contributed by atoms with E-state index >= 15 is 0 Å². The first-order valence-electron chi connectivity index (χ1n) is 11.5. The third-order valence-corrected chi connectivity index (χ3v) is 7.91. The second-order valence-corrected chi connectivity index (χ2v) is 9.36. The summed E-state index contributed by atoms with van der Waals surface area (Å²) in [6, 6.07) is 0.0222. The molecule has 3 saturated carbocycles. The van der Waals surface area contributed by atoms with Gasteiger partial charge in [-0.2, -0.15) is 4.99 Å². The van der Waals surface area contributed by atoms with E-state index < -0.39 is 5.54 Å². The Balaban J connectivity index is 1.85. The Bertz CT molecular complexity index is 757. The Hall–Kier alpha value is -2.48. The summed E-state index contributed by atoms with van der Waals surface area (Å²) in [5, 5.41) is 0. The number of rotatable bonds is 7. The average molecular weight is 427 g/mol. The molecule has 3 aliphatic rings. The van der Waals surface area contributed by atoms with Crippen LogP contribution in [0.4, 0.5) is 0 Å². The lowest BCUT2D eigenvalue weighted by atomic mass is 9.57. The zero-order valence-electron chi connectivity index (χ0n) is 17.9. The molecule has 0 N–H and O–H groups in total. The van der Waals surface area contributed by atoms with Gasteiger partial charge in [-0.15, -0.1) is 0 Å². The summed E-state index contributed by atoms with van der Waals surface area (Å²) in [7, 11) is 0. The zero-order valence-corrected chi connectivity index (χ0v) is 17.9. The number of aliphatic imine (C=N–C) groups is 4. The fourth-order valence-corrected chi connectivity index (χ4v) is 6.51. The maximum atomic E-state index is 11.5. The largest absolute Gasteiger partial charge is 0.235 e. The lowest BCUT2D eigenvalue weighted by Gasteiger charge is -2.50. The van der Waals surface area contributed by atoms with Gasteiger partial charge in [0, 0.05) is 0 Å². The summed E-state index contributed by atoms with van der Waals surface area (Å²) in [6.07, 6.45) is 16.9. The smallest absolute Gasteiger partial charge is 0.211 e. The minimum Gasteiger partial charge on any atom is -0.211 e. The molecule has 0 bridgehead atoms. The molecule has 0 amide bonds. The molecule has 0 aromatic heterocycles. The fraction of sp³-hybridized carbons (Fsp3) is 0.826. The Labute approximate surface area is 182 Å². The van der Waals surface area contributed by atoms with Gasteiger partial charge in [-0.25, -0.2) is 34.2 Å². The van der Waals surface area contributed by atoms with Crippen LogP contribution in [0.5, 0.6) is 0 Å². The molecule has 0 unspecified atom stereocenters. The molecule has 0 atom stereocenters. The summed E-state index contributed by atoms with van der Waals surface area (Å²) >= 11 is 0. The first kappa shape index (κ1) is 23.2. The highest BCUT2D eigenvalue weighted by atomic mass is 16.1. The molecule has 3 fully saturated rings. The van der Waals surface area contributed by atoms with E-state index in [1.165, 1.54) is 0 Å². The summed E-state index contributed by atoms with van der Waals surface area (Å²) in [4.78, 5) is 59.8. The third kappa shape index (κ3) is 5.61. The molecule has 166 valence electrons. The molecular formula is C23H30N4O4. The highest BCUT2D eigenvalue weighted by Crippen LogP contribution is 2.52. The number of nitrogens with zero attached hydrogens (tertiary/aromatic N) is 4. The van der Waals surface area contributed by atoms with E-state index in [1.807, 2.05) is 6.08 Å². The van der Waals surface area contributed by atoms with Gasteiger partial charge in [0.2, 0.25) is 24.3 Å². The van der Waals surface area contributed by atoms with Crippen molar-refractivity contribution >= 4 is 24.3 Å². The average Bonchev–Trinajstić information content (AvgIpc) is 2.79. The maximum absolute atomic E-state index is 11.5. The Morgan fingerprint density at radius 1 is 0.548 bits per heavy atom. The van der Waals surface area contributed by atoms with Crippen LogP contribution in [-0.2, 0) is 19.2 Å². The van der Waals surface area contributed by atoms with Crippen molar-refractivity contribution in [2.75, 3.05) is 0 Å². The zero-order chi connectivity index (χ0) is 22.1. The summed E-state index contributed by atoms with van der Waals surface area (Å²) < 4.78 is 0. The lowest BCUT2D eigenvalue weighted by molar-refractivity contribution is 0.0391. The van der Waals surface area contributed by atoms with E-state index in [9.17, 15) is 19.2 Å². The van der Waals surface area contributed by atoms with Gasteiger partial charge in [0.05, 0.1) is 23.7 Å². The number of hydrogen-bond acceptors (Lipinski definition) is 8. The fourth-order valence-electron chi connectivity index (χ4n) is 6.51. The molecule has 0 aromatic carbocycles. The molecule has 0 spiro atoms. The van der Waals surface area contributed by atoms with Gasteiger partial charge in [0.15, 0.2) is 0 Å². The SMILES string of the molecule is O=C=NC1CCC(C(C2CCC(N=C=O)CC2)C2(N=C=O)CCC(N=C=O)CC2)CC1. The van der Waals surface area contributed by atoms with Gasteiger partial charge in [-0.3, -0.25) is 0 Å². The van der Waals surface area contributed by atoms with E-state index in [2.05, 4.69) is 20.0 Å². The minimum absolute atomic E-state index is 0.0373. The quantitative estimate of drug-likeness (QED) is 0.455. The van der Waals surface area contributed by atoms with Crippen LogP contribution in [0.15, 0.2) is 20.0 Å². The molecule has 0 radical (unpaired) electrons. The Morgan fingerprint density at radius 3 is 1.29 bits per heavy atom. The van der Waals surface area contributed by atoms with E-state index in [4.69, 9.17) is 0 Å².